The van der Waals surface area contributed by atoms with Gasteiger partial charge in [-0.2, -0.15) is 0 Å². The van der Waals surface area contributed by atoms with Crippen LogP contribution in [-0.4, -0.2) is 62.4 Å². The number of imidazole rings is 1. The molecular formula is C21H26N6O3. The molecule has 158 valence electrons. The maximum absolute atomic E-state index is 12.3. The maximum Gasteiger partial charge on any atom is 0.410 e. The largest absolute Gasteiger partial charge is 0.497 e. The van der Waals surface area contributed by atoms with Crippen LogP contribution in [0.4, 0.5) is 10.6 Å². The van der Waals surface area contributed by atoms with E-state index in [0.29, 0.717) is 24.7 Å². The lowest BCUT2D eigenvalue weighted by Crippen LogP contribution is -2.36. The number of nitrogens with one attached hydrogen (secondary N) is 1. The monoisotopic (exact) mass is 410 g/mol. The van der Waals surface area contributed by atoms with E-state index >= 15 is 0 Å². The van der Waals surface area contributed by atoms with Crippen LogP contribution in [0.1, 0.15) is 27.2 Å². The first kappa shape index (κ1) is 19.9. The summed E-state index contributed by atoms with van der Waals surface area (Å²) in [4.78, 5) is 27.4. The molecule has 9 nitrogen and oxygen atoms in total. The molecule has 1 aliphatic rings. The molecule has 0 spiro atoms. The lowest BCUT2D eigenvalue weighted by molar-refractivity contribution is 0.0293. The quantitative estimate of drug-likeness (QED) is 0.705. The second-order valence-electron chi connectivity index (χ2n) is 8.29. The van der Waals surface area contributed by atoms with E-state index < -0.39 is 5.60 Å². The standard InChI is InChI=1S/C21H26N6O3/c1-21(2,3)30-20(28)26-8-7-14(12-26)24-18-10-22-11-19(25-18)27-13-23-16-6-5-15(29-4)9-17(16)27/h5-6,9-11,13-14H,7-8,12H2,1-4H3,(H,24,25)/t14-/m1/s1. The Hall–Kier alpha value is -3.36. The van der Waals surface area contributed by atoms with Gasteiger partial charge in [0.05, 0.1) is 30.5 Å². The van der Waals surface area contributed by atoms with Gasteiger partial charge in [-0.1, -0.05) is 0 Å². The smallest absolute Gasteiger partial charge is 0.410 e. The van der Waals surface area contributed by atoms with Crippen LogP contribution in [0.3, 0.4) is 0 Å². The minimum absolute atomic E-state index is 0.0849. The number of aromatic nitrogens is 4. The molecule has 0 radical (unpaired) electrons. The molecule has 30 heavy (non-hydrogen) atoms. The zero-order valence-electron chi connectivity index (χ0n) is 17.6. The van der Waals surface area contributed by atoms with Crippen molar-refractivity contribution in [3.63, 3.8) is 0 Å². The highest BCUT2D eigenvalue weighted by molar-refractivity contribution is 5.78. The van der Waals surface area contributed by atoms with E-state index in [0.717, 1.165) is 23.2 Å². The number of fused-ring (bicyclic) bond motifs is 1. The van der Waals surface area contributed by atoms with Crippen molar-refractivity contribution < 1.29 is 14.3 Å². The highest BCUT2D eigenvalue weighted by Gasteiger charge is 2.30. The average Bonchev–Trinajstić information content (AvgIpc) is 3.33. The van der Waals surface area contributed by atoms with Gasteiger partial charge in [-0.05, 0) is 39.3 Å². The van der Waals surface area contributed by atoms with E-state index in [2.05, 4.69) is 20.3 Å². The number of methoxy groups -OCH3 is 1. The predicted octanol–water partition coefficient (Wildman–Crippen LogP) is 3.25. The molecule has 1 amide bonds. The molecule has 2 aromatic heterocycles. The summed E-state index contributed by atoms with van der Waals surface area (Å²) in [5.74, 6) is 2.05. The van der Waals surface area contributed by atoms with E-state index in [-0.39, 0.29) is 12.1 Å². The first-order valence-corrected chi connectivity index (χ1v) is 9.90. The molecule has 1 aromatic carbocycles. The van der Waals surface area contributed by atoms with Gasteiger partial charge in [0.2, 0.25) is 0 Å². The number of carbonyl (C=O) groups is 1. The van der Waals surface area contributed by atoms with Crippen LogP contribution in [0, 0.1) is 0 Å². The number of nitrogens with zero attached hydrogens (tertiary/aromatic N) is 5. The molecule has 4 rings (SSSR count). The number of amides is 1. The molecule has 0 saturated carbocycles. The molecule has 3 aromatic rings. The number of anilines is 1. The van der Waals surface area contributed by atoms with Gasteiger partial charge < -0.3 is 19.7 Å². The van der Waals surface area contributed by atoms with E-state index in [1.165, 1.54) is 0 Å². The Labute approximate surface area is 175 Å². The summed E-state index contributed by atoms with van der Waals surface area (Å²) in [6, 6.07) is 5.78. The van der Waals surface area contributed by atoms with Gasteiger partial charge in [-0.15, -0.1) is 0 Å². The highest BCUT2D eigenvalue weighted by atomic mass is 16.6. The van der Waals surface area contributed by atoms with Gasteiger partial charge in [-0.3, -0.25) is 9.55 Å². The van der Waals surface area contributed by atoms with Crippen molar-refractivity contribution in [1.82, 2.24) is 24.4 Å². The summed E-state index contributed by atoms with van der Waals surface area (Å²) < 4.78 is 12.7. The number of hydrogen-bond acceptors (Lipinski definition) is 7. The Bertz CT molecular complexity index is 1060. The summed E-state index contributed by atoms with van der Waals surface area (Å²) in [6.45, 7) is 6.81. The van der Waals surface area contributed by atoms with Crippen LogP contribution < -0.4 is 10.1 Å². The first-order valence-electron chi connectivity index (χ1n) is 9.90. The Morgan fingerprint density at radius 2 is 2.10 bits per heavy atom. The van der Waals surface area contributed by atoms with Gasteiger partial charge in [0.1, 0.15) is 23.5 Å². The number of likely N-dealkylation sites (tertiary alicyclic amines) is 1. The fourth-order valence-corrected chi connectivity index (χ4v) is 3.42. The molecular weight excluding hydrogens is 384 g/mol. The first-order chi connectivity index (χ1) is 14.3. The second kappa shape index (κ2) is 7.81. The second-order valence-corrected chi connectivity index (χ2v) is 8.29. The van der Waals surface area contributed by atoms with Gasteiger partial charge >= 0.3 is 6.09 Å². The van der Waals surface area contributed by atoms with Crippen LogP contribution >= 0.6 is 0 Å². The van der Waals surface area contributed by atoms with E-state index in [1.54, 1.807) is 30.7 Å². The van der Waals surface area contributed by atoms with Gasteiger partial charge in [0, 0.05) is 25.2 Å². The lowest BCUT2D eigenvalue weighted by Gasteiger charge is -2.24. The number of rotatable bonds is 4. The third-order valence-corrected chi connectivity index (χ3v) is 4.82. The van der Waals surface area contributed by atoms with Crippen molar-refractivity contribution in [1.29, 1.82) is 0 Å². The van der Waals surface area contributed by atoms with E-state index in [1.807, 2.05) is 43.5 Å². The van der Waals surface area contributed by atoms with Crippen LogP contribution in [0.5, 0.6) is 5.75 Å². The molecule has 0 bridgehead atoms. The lowest BCUT2D eigenvalue weighted by atomic mass is 10.2. The number of ether oxygens (including phenoxy) is 2. The van der Waals surface area contributed by atoms with Gasteiger partial charge in [0.15, 0.2) is 5.82 Å². The fraction of sp³-hybridized carbons (Fsp3) is 0.429. The molecule has 0 unspecified atom stereocenters. The Morgan fingerprint density at radius 3 is 2.87 bits per heavy atom. The summed E-state index contributed by atoms with van der Waals surface area (Å²) in [7, 11) is 1.63. The van der Waals surface area contributed by atoms with Crippen LogP contribution in [0.25, 0.3) is 16.9 Å². The summed E-state index contributed by atoms with van der Waals surface area (Å²) in [5.41, 5.74) is 1.23. The average molecular weight is 410 g/mol. The number of carbonyl (C=O) groups excluding carboxylic acids is 1. The molecule has 1 atom stereocenters. The minimum Gasteiger partial charge on any atom is -0.497 e. The maximum atomic E-state index is 12.3. The summed E-state index contributed by atoms with van der Waals surface area (Å²) >= 11 is 0. The molecule has 0 aliphatic carbocycles. The summed E-state index contributed by atoms with van der Waals surface area (Å²) in [5, 5.41) is 3.38. The zero-order valence-corrected chi connectivity index (χ0v) is 17.6. The topological polar surface area (TPSA) is 94.4 Å². The van der Waals surface area contributed by atoms with Crippen molar-refractivity contribution >= 4 is 22.9 Å². The number of hydrogen-bond donors (Lipinski definition) is 1. The normalized spacial score (nSPS) is 16.7. The molecule has 1 N–H and O–H groups in total. The van der Waals surface area contributed by atoms with Crippen molar-refractivity contribution in [3.8, 4) is 11.6 Å². The van der Waals surface area contributed by atoms with E-state index in [4.69, 9.17) is 9.47 Å². The molecule has 9 heteroatoms. The van der Waals surface area contributed by atoms with Crippen molar-refractivity contribution in [2.75, 3.05) is 25.5 Å². The van der Waals surface area contributed by atoms with Crippen LogP contribution in [-0.2, 0) is 4.74 Å². The van der Waals surface area contributed by atoms with Crippen LogP contribution in [0.15, 0.2) is 36.9 Å². The summed E-state index contributed by atoms with van der Waals surface area (Å²) in [6.07, 6.45) is 5.62. The third kappa shape index (κ3) is 4.29. The van der Waals surface area contributed by atoms with Gasteiger partial charge in [0.25, 0.3) is 0 Å². The zero-order chi connectivity index (χ0) is 21.3. The fourth-order valence-electron chi connectivity index (χ4n) is 3.42. The Balaban J connectivity index is 1.48. The van der Waals surface area contributed by atoms with E-state index in [9.17, 15) is 4.79 Å². The third-order valence-electron chi connectivity index (χ3n) is 4.82. The molecule has 1 fully saturated rings. The predicted molar refractivity (Wildman–Crippen MR) is 113 cm³/mol. The van der Waals surface area contributed by atoms with Crippen molar-refractivity contribution in [3.05, 3.63) is 36.9 Å². The van der Waals surface area contributed by atoms with Crippen molar-refractivity contribution in [2.24, 2.45) is 0 Å². The highest BCUT2D eigenvalue weighted by Crippen LogP contribution is 2.23. The molecule has 1 saturated heterocycles. The molecule has 1 aliphatic heterocycles. The van der Waals surface area contributed by atoms with Crippen molar-refractivity contribution in [2.45, 2.75) is 38.8 Å². The minimum atomic E-state index is -0.501. The van der Waals surface area contributed by atoms with Gasteiger partial charge in [-0.25, -0.2) is 14.8 Å². The van der Waals surface area contributed by atoms with Crippen LogP contribution in [0.2, 0.25) is 0 Å². The molecule has 3 heterocycles. The number of benzene rings is 1. The Morgan fingerprint density at radius 1 is 1.27 bits per heavy atom. The SMILES string of the molecule is COc1ccc2ncn(-c3cncc(N[C@@H]4CCN(C(=O)OC(C)(C)C)C4)n3)c2c1. The Kier molecular flexibility index (Phi) is 5.19.